The van der Waals surface area contributed by atoms with Crippen LogP contribution in [0.1, 0.15) is 25.0 Å². The lowest BCUT2D eigenvalue weighted by Crippen LogP contribution is -2.21. The third-order valence-electron chi connectivity index (χ3n) is 5.22. The first-order chi connectivity index (χ1) is 14.3. The number of aliphatic hydroxyl groups is 1. The standard InChI is InChI=1S/C23H23FN4O2/c1-23(2,30)15-6-9-20(26-13-15)27-18-11-17-19(28(3)22(18)29)8-7-16(21(17)24)14-5-4-10-25-12-14/h4-11,13,25,30H,12H2,1-3H3,(H,26,27). The predicted octanol–water partition coefficient (Wildman–Crippen LogP) is 3.54. The number of aryl methyl sites for hydroxylation is 1. The molecule has 2 aromatic heterocycles. The van der Waals surface area contributed by atoms with Gasteiger partial charge in [0.05, 0.1) is 11.1 Å². The van der Waals surface area contributed by atoms with E-state index >= 15 is 4.39 Å². The van der Waals surface area contributed by atoms with E-state index in [0.717, 1.165) is 5.57 Å². The van der Waals surface area contributed by atoms with Crippen LogP contribution in [0.4, 0.5) is 15.9 Å². The molecule has 30 heavy (non-hydrogen) atoms. The average molecular weight is 406 g/mol. The second-order valence-corrected chi connectivity index (χ2v) is 7.83. The Morgan fingerprint density at radius 2 is 2.07 bits per heavy atom. The summed E-state index contributed by atoms with van der Waals surface area (Å²) in [7, 11) is 1.62. The molecule has 6 nitrogen and oxygen atoms in total. The number of allylic oxidation sites excluding steroid dienone is 2. The second-order valence-electron chi connectivity index (χ2n) is 7.83. The third kappa shape index (κ3) is 3.59. The molecule has 154 valence electrons. The zero-order valence-corrected chi connectivity index (χ0v) is 17.0. The Balaban J connectivity index is 1.77. The predicted molar refractivity (Wildman–Crippen MR) is 117 cm³/mol. The summed E-state index contributed by atoms with van der Waals surface area (Å²) in [5.41, 5.74) is 1.42. The molecule has 0 saturated heterocycles. The van der Waals surface area contributed by atoms with E-state index in [2.05, 4.69) is 15.6 Å². The lowest BCUT2D eigenvalue weighted by molar-refractivity contribution is 0.0782. The van der Waals surface area contributed by atoms with Gasteiger partial charge in [-0.3, -0.25) is 4.79 Å². The normalized spacial score (nSPS) is 13.8. The maximum absolute atomic E-state index is 15.4. The van der Waals surface area contributed by atoms with Crippen molar-refractivity contribution in [1.82, 2.24) is 14.9 Å². The Hall–Kier alpha value is -3.45. The molecule has 0 unspecified atom stereocenters. The van der Waals surface area contributed by atoms with Crippen molar-refractivity contribution in [3.05, 3.63) is 82.2 Å². The van der Waals surface area contributed by atoms with Crippen molar-refractivity contribution < 1.29 is 9.50 Å². The van der Waals surface area contributed by atoms with Crippen LogP contribution in [-0.2, 0) is 12.6 Å². The van der Waals surface area contributed by atoms with Crippen LogP contribution in [0.3, 0.4) is 0 Å². The summed E-state index contributed by atoms with van der Waals surface area (Å²) in [5.74, 6) is 0.0557. The van der Waals surface area contributed by atoms with Crippen molar-refractivity contribution in [2.45, 2.75) is 19.4 Å². The summed E-state index contributed by atoms with van der Waals surface area (Å²) in [6.45, 7) is 3.88. The van der Waals surface area contributed by atoms with Gasteiger partial charge in [0.2, 0.25) is 0 Å². The second kappa shape index (κ2) is 7.42. The molecule has 3 aromatic rings. The number of fused-ring (bicyclic) bond motifs is 1. The molecule has 0 atom stereocenters. The third-order valence-corrected chi connectivity index (χ3v) is 5.22. The van der Waals surface area contributed by atoms with Gasteiger partial charge in [0.1, 0.15) is 17.3 Å². The zero-order valence-electron chi connectivity index (χ0n) is 17.0. The van der Waals surface area contributed by atoms with Gasteiger partial charge in [0.25, 0.3) is 5.56 Å². The van der Waals surface area contributed by atoms with Crippen molar-refractivity contribution in [3.8, 4) is 0 Å². The number of hydrogen-bond acceptors (Lipinski definition) is 5. The molecule has 3 N–H and O–H groups in total. The monoisotopic (exact) mass is 406 g/mol. The number of aromatic nitrogens is 2. The summed E-state index contributed by atoms with van der Waals surface area (Å²) in [5, 5.41) is 16.5. The van der Waals surface area contributed by atoms with E-state index in [1.54, 1.807) is 51.4 Å². The summed E-state index contributed by atoms with van der Waals surface area (Å²) in [4.78, 5) is 17.1. The highest BCUT2D eigenvalue weighted by Gasteiger charge is 2.18. The van der Waals surface area contributed by atoms with Crippen LogP contribution in [0.2, 0.25) is 0 Å². The topological polar surface area (TPSA) is 79.2 Å². The number of hydrogen-bond donors (Lipinski definition) is 3. The molecule has 3 heterocycles. The van der Waals surface area contributed by atoms with Crippen LogP contribution in [0.5, 0.6) is 0 Å². The van der Waals surface area contributed by atoms with E-state index in [9.17, 15) is 9.90 Å². The lowest BCUT2D eigenvalue weighted by atomic mass is 10.0. The van der Waals surface area contributed by atoms with Gasteiger partial charge in [0.15, 0.2) is 0 Å². The smallest absolute Gasteiger partial charge is 0.274 e. The van der Waals surface area contributed by atoms with Gasteiger partial charge in [-0.25, -0.2) is 9.37 Å². The van der Waals surface area contributed by atoms with Crippen molar-refractivity contribution in [2.24, 2.45) is 7.05 Å². The quantitative estimate of drug-likeness (QED) is 0.618. The maximum atomic E-state index is 15.4. The number of rotatable bonds is 4. The van der Waals surface area contributed by atoms with Gasteiger partial charge < -0.3 is 20.3 Å². The highest BCUT2D eigenvalue weighted by Crippen LogP contribution is 2.28. The SMILES string of the molecule is Cn1c(=O)c(Nc2ccc(C(C)(C)O)cn2)cc2c(F)c(C3=CC=CNC3)ccc21. The van der Waals surface area contributed by atoms with Crippen molar-refractivity contribution in [1.29, 1.82) is 0 Å². The molecule has 0 bridgehead atoms. The molecule has 0 fully saturated rings. The summed E-state index contributed by atoms with van der Waals surface area (Å²) < 4.78 is 16.8. The highest BCUT2D eigenvalue weighted by atomic mass is 19.1. The molecule has 0 aliphatic carbocycles. The number of nitrogens with zero attached hydrogens (tertiary/aromatic N) is 2. The van der Waals surface area contributed by atoms with Crippen molar-refractivity contribution >= 4 is 28.0 Å². The van der Waals surface area contributed by atoms with Gasteiger partial charge in [0, 0.05) is 36.3 Å². The lowest BCUT2D eigenvalue weighted by Gasteiger charge is -2.18. The van der Waals surface area contributed by atoms with E-state index in [1.807, 2.05) is 18.4 Å². The molecule has 0 radical (unpaired) electrons. The number of anilines is 2. The molecule has 1 aromatic carbocycles. The first kappa shape index (κ1) is 19.8. The molecule has 0 amide bonds. The minimum Gasteiger partial charge on any atom is -0.387 e. The molecule has 7 heteroatoms. The van der Waals surface area contributed by atoms with Crippen molar-refractivity contribution in [3.63, 3.8) is 0 Å². The van der Waals surface area contributed by atoms with E-state index in [1.165, 1.54) is 10.6 Å². The first-order valence-electron chi connectivity index (χ1n) is 9.63. The Kier molecular flexibility index (Phi) is 4.91. The van der Waals surface area contributed by atoms with Crippen LogP contribution in [0.25, 0.3) is 16.5 Å². The highest BCUT2D eigenvalue weighted by molar-refractivity contribution is 5.88. The minimum absolute atomic E-state index is 0.222. The summed E-state index contributed by atoms with van der Waals surface area (Å²) >= 11 is 0. The summed E-state index contributed by atoms with van der Waals surface area (Å²) in [6.07, 6.45) is 7.06. The fourth-order valence-corrected chi connectivity index (χ4v) is 3.46. The Bertz CT molecular complexity index is 1240. The molecule has 0 spiro atoms. The zero-order chi connectivity index (χ0) is 21.5. The molecule has 0 saturated carbocycles. The first-order valence-corrected chi connectivity index (χ1v) is 9.63. The van der Waals surface area contributed by atoms with Gasteiger partial charge in [-0.2, -0.15) is 0 Å². The fraction of sp³-hybridized carbons (Fsp3) is 0.217. The van der Waals surface area contributed by atoms with Gasteiger partial charge in [-0.1, -0.05) is 12.1 Å². The number of halogens is 1. The van der Waals surface area contributed by atoms with E-state index < -0.39 is 5.60 Å². The molecule has 1 aliphatic rings. The minimum atomic E-state index is -1.01. The molecule has 1 aliphatic heterocycles. The number of pyridine rings is 2. The van der Waals surface area contributed by atoms with Crippen LogP contribution >= 0.6 is 0 Å². The van der Waals surface area contributed by atoms with Crippen LogP contribution in [0.15, 0.2) is 59.7 Å². The van der Waals surface area contributed by atoms with Crippen LogP contribution in [0, 0.1) is 5.82 Å². The van der Waals surface area contributed by atoms with Crippen molar-refractivity contribution in [2.75, 3.05) is 11.9 Å². The maximum Gasteiger partial charge on any atom is 0.274 e. The van der Waals surface area contributed by atoms with E-state index in [0.29, 0.717) is 34.4 Å². The number of benzene rings is 1. The Morgan fingerprint density at radius 3 is 2.70 bits per heavy atom. The van der Waals surface area contributed by atoms with Crippen LogP contribution in [-0.4, -0.2) is 21.2 Å². The van der Waals surface area contributed by atoms with Gasteiger partial charge in [-0.15, -0.1) is 0 Å². The summed E-state index contributed by atoms with van der Waals surface area (Å²) in [6, 6.07) is 8.39. The van der Waals surface area contributed by atoms with Gasteiger partial charge in [-0.05, 0) is 56.0 Å². The van der Waals surface area contributed by atoms with Gasteiger partial charge >= 0.3 is 0 Å². The Labute approximate surface area is 173 Å². The number of nitrogens with one attached hydrogen (secondary N) is 2. The Morgan fingerprint density at radius 1 is 1.27 bits per heavy atom. The molecule has 4 rings (SSSR count). The molecular weight excluding hydrogens is 383 g/mol. The fourth-order valence-electron chi connectivity index (χ4n) is 3.46. The van der Waals surface area contributed by atoms with E-state index in [-0.39, 0.29) is 17.1 Å². The largest absolute Gasteiger partial charge is 0.387 e. The number of dihydropyridines is 1. The van der Waals surface area contributed by atoms with Crippen LogP contribution < -0.4 is 16.2 Å². The average Bonchev–Trinajstić information content (AvgIpc) is 2.73. The molecular formula is C23H23FN4O2. The van der Waals surface area contributed by atoms with E-state index in [4.69, 9.17) is 0 Å².